The number of alkyl halides is 1. The molecule has 0 aromatic rings. The van der Waals surface area contributed by atoms with Gasteiger partial charge in [-0.05, 0) is 12.3 Å². The van der Waals surface area contributed by atoms with E-state index in [9.17, 15) is 4.79 Å². The zero-order chi connectivity index (χ0) is 6.15. The van der Waals surface area contributed by atoms with Crippen LogP contribution >= 0.6 is 15.9 Å². The van der Waals surface area contributed by atoms with Crippen molar-refractivity contribution in [2.45, 2.75) is 24.6 Å². The van der Waals surface area contributed by atoms with Gasteiger partial charge >= 0.3 is 0 Å². The third kappa shape index (κ3) is 0.943. The monoisotopic (exact) mass is 176 g/mol. The van der Waals surface area contributed by atoms with Crippen molar-refractivity contribution in [1.82, 2.24) is 0 Å². The van der Waals surface area contributed by atoms with Gasteiger partial charge in [-0.15, -0.1) is 0 Å². The fourth-order valence-corrected chi connectivity index (χ4v) is 1.46. The average molecular weight is 177 g/mol. The number of carbonyl (C=O) groups excluding carboxylic acids is 1. The summed E-state index contributed by atoms with van der Waals surface area (Å²) in [5.74, 6) is 0.931. The van der Waals surface area contributed by atoms with Crippen LogP contribution in [0, 0.1) is 5.92 Å². The second kappa shape index (κ2) is 2.18. The Balaban J connectivity index is 2.56. The van der Waals surface area contributed by atoms with E-state index in [-0.39, 0.29) is 4.83 Å². The van der Waals surface area contributed by atoms with E-state index < -0.39 is 0 Å². The van der Waals surface area contributed by atoms with Gasteiger partial charge in [-0.1, -0.05) is 22.9 Å². The predicted octanol–water partition coefficient (Wildman–Crippen LogP) is 1.75. The molecule has 1 rings (SSSR count). The van der Waals surface area contributed by atoms with Crippen LogP contribution in [0.4, 0.5) is 0 Å². The van der Waals surface area contributed by atoms with Gasteiger partial charge in [0.25, 0.3) is 0 Å². The minimum absolute atomic E-state index is 0.155. The lowest BCUT2D eigenvalue weighted by Gasteiger charge is -2.01. The van der Waals surface area contributed by atoms with Crippen molar-refractivity contribution in [3.05, 3.63) is 0 Å². The third-order valence-corrected chi connectivity index (χ3v) is 3.07. The standard InChI is InChI=1S/C6H9BrO/c1-4-2-3-5(8)6(4)7/h4,6H,2-3H2,1H3. The van der Waals surface area contributed by atoms with E-state index in [0.29, 0.717) is 11.7 Å². The lowest BCUT2D eigenvalue weighted by Crippen LogP contribution is -2.09. The molecule has 2 unspecified atom stereocenters. The maximum absolute atomic E-state index is 10.7. The van der Waals surface area contributed by atoms with Crippen LogP contribution in [0.2, 0.25) is 0 Å². The number of Topliss-reactive ketones (excluding diaryl/α,β-unsaturated/α-hetero) is 1. The molecule has 0 radical (unpaired) electrons. The summed E-state index contributed by atoms with van der Waals surface area (Å²) in [6.45, 7) is 2.10. The molecule has 1 nitrogen and oxygen atoms in total. The number of halogens is 1. The van der Waals surface area contributed by atoms with Gasteiger partial charge in [-0.25, -0.2) is 0 Å². The average Bonchev–Trinajstić information content (AvgIpc) is 1.98. The van der Waals surface area contributed by atoms with E-state index in [1.54, 1.807) is 0 Å². The van der Waals surface area contributed by atoms with E-state index in [1.165, 1.54) is 0 Å². The Morgan fingerprint density at radius 1 is 1.75 bits per heavy atom. The van der Waals surface area contributed by atoms with Gasteiger partial charge < -0.3 is 0 Å². The molecule has 1 aliphatic carbocycles. The van der Waals surface area contributed by atoms with Crippen LogP contribution in [0.25, 0.3) is 0 Å². The normalized spacial score (nSPS) is 38.5. The van der Waals surface area contributed by atoms with Crippen molar-refractivity contribution in [2.75, 3.05) is 0 Å². The van der Waals surface area contributed by atoms with E-state index in [0.717, 1.165) is 12.8 Å². The highest BCUT2D eigenvalue weighted by Crippen LogP contribution is 2.27. The molecular weight excluding hydrogens is 168 g/mol. The molecule has 0 heterocycles. The highest BCUT2D eigenvalue weighted by Gasteiger charge is 2.28. The molecular formula is C6H9BrO. The molecule has 0 aliphatic heterocycles. The molecule has 0 aromatic carbocycles. The van der Waals surface area contributed by atoms with Crippen LogP contribution in [0.5, 0.6) is 0 Å². The summed E-state index contributed by atoms with van der Waals surface area (Å²) in [5, 5.41) is 0. The molecule has 0 amide bonds. The maximum atomic E-state index is 10.7. The zero-order valence-corrected chi connectivity index (χ0v) is 6.44. The van der Waals surface area contributed by atoms with E-state index >= 15 is 0 Å². The van der Waals surface area contributed by atoms with Gasteiger partial charge in [0.05, 0.1) is 4.83 Å². The lowest BCUT2D eigenvalue weighted by molar-refractivity contribution is -0.117. The molecule has 0 spiro atoms. The summed E-state index contributed by atoms with van der Waals surface area (Å²) in [5.41, 5.74) is 0. The van der Waals surface area contributed by atoms with Gasteiger partial charge in [-0.3, -0.25) is 4.79 Å². The van der Waals surface area contributed by atoms with Gasteiger partial charge in [0, 0.05) is 6.42 Å². The molecule has 2 atom stereocenters. The topological polar surface area (TPSA) is 17.1 Å². The Kier molecular flexibility index (Phi) is 1.71. The molecule has 1 aliphatic rings. The van der Waals surface area contributed by atoms with Crippen LogP contribution < -0.4 is 0 Å². The summed E-state index contributed by atoms with van der Waals surface area (Å²) >= 11 is 3.32. The zero-order valence-electron chi connectivity index (χ0n) is 4.86. The summed E-state index contributed by atoms with van der Waals surface area (Å²) in [7, 11) is 0. The van der Waals surface area contributed by atoms with Crippen molar-refractivity contribution < 1.29 is 4.79 Å². The Morgan fingerprint density at radius 2 is 2.38 bits per heavy atom. The molecule has 0 aromatic heterocycles. The van der Waals surface area contributed by atoms with Gasteiger partial charge in [0.2, 0.25) is 0 Å². The minimum Gasteiger partial charge on any atom is -0.298 e. The highest BCUT2D eigenvalue weighted by molar-refractivity contribution is 9.10. The summed E-state index contributed by atoms with van der Waals surface area (Å²) in [6, 6.07) is 0. The summed E-state index contributed by atoms with van der Waals surface area (Å²) < 4.78 is 0. The van der Waals surface area contributed by atoms with Crippen molar-refractivity contribution in [2.24, 2.45) is 5.92 Å². The molecule has 0 N–H and O–H groups in total. The van der Waals surface area contributed by atoms with Crippen molar-refractivity contribution in [1.29, 1.82) is 0 Å². The van der Waals surface area contributed by atoms with E-state index in [1.807, 2.05) is 0 Å². The first-order valence-electron chi connectivity index (χ1n) is 2.88. The Morgan fingerprint density at radius 3 is 2.50 bits per heavy atom. The fraction of sp³-hybridized carbons (Fsp3) is 0.833. The molecule has 0 bridgehead atoms. The first kappa shape index (κ1) is 6.27. The quantitative estimate of drug-likeness (QED) is 0.515. The van der Waals surface area contributed by atoms with E-state index in [2.05, 4.69) is 22.9 Å². The Labute approximate surface area is 57.6 Å². The summed E-state index contributed by atoms with van der Waals surface area (Å²) in [4.78, 5) is 10.9. The van der Waals surface area contributed by atoms with E-state index in [4.69, 9.17) is 0 Å². The van der Waals surface area contributed by atoms with Crippen LogP contribution in [-0.2, 0) is 4.79 Å². The van der Waals surface area contributed by atoms with Crippen LogP contribution in [0.3, 0.4) is 0 Å². The first-order valence-corrected chi connectivity index (χ1v) is 3.80. The van der Waals surface area contributed by atoms with Crippen LogP contribution in [0.1, 0.15) is 19.8 Å². The molecule has 8 heavy (non-hydrogen) atoms. The van der Waals surface area contributed by atoms with Crippen molar-refractivity contribution in [3.63, 3.8) is 0 Å². The van der Waals surface area contributed by atoms with Crippen LogP contribution in [0.15, 0.2) is 0 Å². The molecule has 1 saturated carbocycles. The minimum atomic E-state index is 0.155. The number of ketones is 1. The highest BCUT2D eigenvalue weighted by atomic mass is 79.9. The predicted molar refractivity (Wildman–Crippen MR) is 36.1 cm³/mol. The van der Waals surface area contributed by atoms with Crippen molar-refractivity contribution >= 4 is 21.7 Å². The maximum Gasteiger partial charge on any atom is 0.146 e. The second-order valence-electron chi connectivity index (χ2n) is 2.38. The molecule has 0 saturated heterocycles. The largest absolute Gasteiger partial charge is 0.298 e. The van der Waals surface area contributed by atoms with Gasteiger partial charge in [0.1, 0.15) is 5.78 Å². The first-order chi connectivity index (χ1) is 3.72. The van der Waals surface area contributed by atoms with Gasteiger partial charge in [-0.2, -0.15) is 0 Å². The number of hydrogen-bond donors (Lipinski definition) is 0. The Hall–Kier alpha value is 0.150. The SMILES string of the molecule is CC1CCC(=O)C1Br. The fourth-order valence-electron chi connectivity index (χ4n) is 0.971. The lowest BCUT2D eigenvalue weighted by atomic mass is 10.1. The smallest absolute Gasteiger partial charge is 0.146 e. The van der Waals surface area contributed by atoms with Crippen molar-refractivity contribution in [3.8, 4) is 0 Å². The molecule has 2 heteroatoms. The van der Waals surface area contributed by atoms with Gasteiger partial charge in [0.15, 0.2) is 0 Å². The molecule has 1 fully saturated rings. The Bertz CT molecular complexity index is 111. The van der Waals surface area contributed by atoms with Crippen LogP contribution in [-0.4, -0.2) is 10.6 Å². The number of carbonyl (C=O) groups is 1. The third-order valence-electron chi connectivity index (χ3n) is 1.65. The summed E-state index contributed by atoms with van der Waals surface area (Å²) in [6.07, 6.45) is 1.84. The number of rotatable bonds is 0. The number of hydrogen-bond acceptors (Lipinski definition) is 1. The second-order valence-corrected chi connectivity index (χ2v) is 3.37. The molecule has 46 valence electrons.